The standard InChI is InChI=1S/C14H13Br2NO3/c1-7(2)20-12-6-11(14(18)19-3)17-13-9(12)4-8(15)5-10(13)16/h4-7H,1-3H3. The number of benzene rings is 1. The van der Waals surface area contributed by atoms with Gasteiger partial charge in [-0.15, -0.1) is 0 Å². The molecule has 1 heterocycles. The minimum Gasteiger partial charge on any atom is -0.490 e. The molecule has 106 valence electrons. The quantitative estimate of drug-likeness (QED) is 0.716. The van der Waals surface area contributed by atoms with Crippen molar-refractivity contribution < 1.29 is 14.3 Å². The largest absolute Gasteiger partial charge is 0.490 e. The molecule has 0 N–H and O–H groups in total. The van der Waals surface area contributed by atoms with Crippen molar-refractivity contribution in [1.29, 1.82) is 0 Å². The van der Waals surface area contributed by atoms with Gasteiger partial charge in [0, 0.05) is 20.4 Å². The van der Waals surface area contributed by atoms with Gasteiger partial charge in [0.1, 0.15) is 5.75 Å². The smallest absolute Gasteiger partial charge is 0.356 e. The molecule has 0 saturated heterocycles. The summed E-state index contributed by atoms with van der Waals surface area (Å²) in [5, 5.41) is 0.826. The molecule has 6 heteroatoms. The van der Waals surface area contributed by atoms with Gasteiger partial charge in [-0.25, -0.2) is 9.78 Å². The molecule has 1 aromatic carbocycles. The average Bonchev–Trinajstić information content (AvgIpc) is 2.37. The molecule has 0 aliphatic heterocycles. The fourth-order valence-electron chi connectivity index (χ4n) is 1.78. The van der Waals surface area contributed by atoms with Crippen molar-refractivity contribution in [3.8, 4) is 5.75 Å². The Bertz CT molecular complexity index is 671. The first-order valence-corrected chi connectivity index (χ1v) is 7.55. The Kier molecular flexibility index (Phi) is 4.65. The lowest BCUT2D eigenvalue weighted by Gasteiger charge is -2.14. The first kappa shape index (κ1) is 15.3. The van der Waals surface area contributed by atoms with E-state index in [4.69, 9.17) is 9.47 Å². The van der Waals surface area contributed by atoms with E-state index >= 15 is 0 Å². The third-order valence-electron chi connectivity index (χ3n) is 2.55. The molecule has 0 bridgehead atoms. The van der Waals surface area contributed by atoms with Crippen LogP contribution in [0.4, 0.5) is 0 Å². The highest BCUT2D eigenvalue weighted by molar-refractivity contribution is 9.11. The van der Waals surface area contributed by atoms with Gasteiger partial charge < -0.3 is 9.47 Å². The van der Waals surface area contributed by atoms with Crippen molar-refractivity contribution in [1.82, 2.24) is 4.98 Å². The summed E-state index contributed by atoms with van der Waals surface area (Å²) in [6.07, 6.45) is -0.0103. The number of methoxy groups -OCH3 is 1. The predicted octanol–water partition coefficient (Wildman–Crippen LogP) is 4.33. The second-order valence-electron chi connectivity index (χ2n) is 4.45. The number of esters is 1. The van der Waals surface area contributed by atoms with Crippen LogP contribution < -0.4 is 4.74 Å². The van der Waals surface area contributed by atoms with E-state index in [0.29, 0.717) is 11.3 Å². The van der Waals surface area contributed by atoms with E-state index in [1.54, 1.807) is 6.07 Å². The number of carbonyl (C=O) groups is 1. The van der Waals surface area contributed by atoms with Gasteiger partial charge in [-0.1, -0.05) is 15.9 Å². The Labute approximate surface area is 133 Å². The molecule has 0 aliphatic carbocycles. The van der Waals surface area contributed by atoms with Crippen LogP contribution in [-0.4, -0.2) is 24.2 Å². The number of rotatable bonds is 3. The van der Waals surface area contributed by atoms with E-state index in [2.05, 4.69) is 36.8 Å². The molecule has 0 fully saturated rings. The van der Waals surface area contributed by atoms with E-state index in [9.17, 15) is 4.79 Å². The normalized spacial score (nSPS) is 10.9. The summed E-state index contributed by atoms with van der Waals surface area (Å²) in [5.74, 6) is 0.114. The van der Waals surface area contributed by atoms with Crippen molar-refractivity contribution in [2.24, 2.45) is 0 Å². The lowest BCUT2D eigenvalue weighted by atomic mass is 10.1. The summed E-state index contributed by atoms with van der Waals surface area (Å²) in [4.78, 5) is 16.0. The van der Waals surface area contributed by atoms with Crippen molar-refractivity contribution in [3.05, 3.63) is 32.8 Å². The van der Waals surface area contributed by atoms with Gasteiger partial charge in [-0.05, 0) is 41.9 Å². The molecule has 0 aliphatic rings. The maximum atomic E-state index is 11.7. The van der Waals surface area contributed by atoms with Crippen LogP contribution in [0.25, 0.3) is 10.9 Å². The van der Waals surface area contributed by atoms with E-state index < -0.39 is 5.97 Å². The van der Waals surface area contributed by atoms with E-state index in [1.165, 1.54) is 7.11 Å². The van der Waals surface area contributed by atoms with E-state index in [-0.39, 0.29) is 11.8 Å². The predicted molar refractivity (Wildman–Crippen MR) is 84.2 cm³/mol. The van der Waals surface area contributed by atoms with E-state index in [0.717, 1.165) is 14.3 Å². The van der Waals surface area contributed by atoms with Crippen LogP contribution in [0.1, 0.15) is 24.3 Å². The molecule has 0 unspecified atom stereocenters. The molecule has 0 spiro atoms. The molecule has 0 radical (unpaired) electrons. The average molecular weight is 403 g/mol. The van der Waals surface area contributed by atoms with Crippen LogP contribution >= 0.6 is 31.9 Å². The Morgan fingerprint density at radius 2 is 1.95 bits per heavy atom. The van der Waals surface area contributed by atoms with E-state index in [1.807, 2.05) is 26.0 Å². The molecule has 1 aromatic heterocycles. The zero-order chi connectivity index (χ0) is 14.9. The monoisotopic (exact) mass is 401 g/mol. The van der Waals surface area contributed by atoms with Crippen LogP contribution in [0.2, 0.25) is 0 Å². The molecule has 20 heavy (non-hydrogen) atoms. The molecular weight excluding hydrogens is 390 g/mol. The number of pyridine rings is 1. The zero-order valence-corrected chi connectivity index (χ0v) is 14.4. The highest BCUT2D eigenvalue weighted by Crippen LogP contribution is 2.34. The maximum Gasteiger partial charge on any atom is 0.356 e. The minimum atomic E-state index is -0.490. The fraction of sp³-hybridized carbons (Fsp3) is 0.286. The van der Waals surface area contributed by atoms with Gasteiger partial charge in [-0.3, -0.25) is 0 Å². The van der Waals surface area contributed by atoms with Crippen LogP contribution in [-0.2, 0) is 4.74 Å². The summed E-state index contributed by atoms with van der Waals surface area (Å²) >= 11 is 6.89. The molecule has 0 saturated carbocycles. The van der Waals surface area contributed by atoms with Crippen molar-refractivity contribution >= 4 is 48.7 Å². The number of carbonyl (C=O) groups excluding carboxylic acids is 1. The van der Waals surface area contributed by atoms with Gasteiger partial charge >= 0.3 is 5.97 Å². The third kappa shape index (κ3) is 3.12. The lowest BCUT2D eigenvalue weighted by Crippen LogP contribution is -2.09. The van der Waals surface area contributed by atoms with Gasteiger partial charge in [-0.2, -0.15) is 0 Å². The maximum absolute atomic E-state index is 11.7. The number of nitrogens with zero attached hydrogens (tertiary/aromatic N) is 1. The van der Waals surface area contributed by atoms with Crippen molar-refractivity contribution in [2.45, 2.75) is 20.0 Å². The Balaban J connectivity index is 2.74. The molecule has 2 rings (SSSR count). The number of ether oxygens (including phenoxy) is 2. The topological polar surface area (TPSA) is 48.4 Å². The van der Waals surface area contributed by atoms with Crippen LogP contribution in [0.5, 0.6) is 5.75 Å². The number of halogens is 2. The molecule has 2 aromatic rings. The van der Waals surface area contributed by atoms with Crippen LogP contribution in [0, 0.1) is 0 Å². The van der Waals surface area contributed by atoms with Gasteiger partial charge in [0.25, 0.3) is 0 Å². The molecule has 4 nitrogen and oxygen atoms in total. The van der Waals surface area contributed by atoms with Gasteiger partial charge in [0.15, 0.2) is 5.69 Å². The summed E-state index contributed by atoms with van der Waals surface area (Å²) in [7, 11) is 1.33. The zero-order valence-electron chi connectivity index (χ0n) is 11.2. The Morgan fingerprint density at radius 3 is 2.55 bits per heavy atom. The first-order chi connectivity index (χ1) is 9.42. The van der Waals surface area contributed by atoms with Crippen molar-refractivity contribution in [3.63, 3.8) is 0 Å². The highest BCUT2D eigenvalue weighted by Gasteiger charge is 2.16. The number of fused-ring (bicyclic) bond motifs is 1. The summed E-state index contributed by atoms with van der Waals surface area (Å²) in [6, 6.07) is 5.38. The van der Waals surface area contributed by atoms with Crippen LogP contribution in [0.3, 0.4) is 0 Å². The highest BCUT2D eigenvalue weighted by atomic mass is 79.9. The molecule has 0 atom stereocenters. The van der Waals surface area contributed by atoms with Crippen molar-refractivity contribution in [2.75, 3.05) is 7.11 Å². The van der Waals surface area contributed by atoms with Gasteiger partial charge in [0.2, 0.25) is 0 Å². The minimum absolute atomic E-state index is 0.0103. The fourth-order valence-corrected chi connectivity index (χ4v) is 3.10. The van der Waals surface area contributed by atoms with Gasteiger partial charge in [0.05, 0.1) is 18.7 Å². The Morgan fingerprint density at radius 1 is 1.25 bits per heavy atom. The molecular formula is C14H13Br2NO3. The Hall–Kier alpha value is -1.14. The number of hydrogen-bond donors (Lipinski definition) is 0. The lowest BCUT2D eigenvalue weighted by molar-refractivity contribution is 0.0593. The first-order valence-electron chi connectivity index (χ1n) is 5.97. The second-order valence-corrected chi connectivity index (χ2v) is 6.22. The number of aromatic nitrogens is 1. The summed E-state index contributed by atoms with van der Waals surface area (Å²) in [5.41, 5.74) is 0.880. The summed E-state index contributed by atoms with van der Waals surface area (Å²) < 4.78 is 12.2. The third-order valence-corrected chi connectivity index (χ3v) is 3.61. The number of hydrogen-bond acceptors (Lipinski definition) is 4. The second kappa shape index (κ2) is 6.10. The SMILES string of the molecule is COC(=O)c1cc(OC(C)C)c2cc(Br)cc(Br)c2n1. The van der Waals surface area contributed by atoms with Crippen LogP contribution in [0.15, 0.2) is 27.1 Å². The summed E-state index contributed by atoms with van der Waals surface area (Å²) in [6.45, 7) is 3.86. The molecule has 0 amide bonds.